The number of rotatable bonds is 7. The molecule has 0 aromatic heterocycles. The Morgan fingerprint density at radius 2 is 1.75 bits per heavy atom. The summed E-state index contributed by atoms with van der Waals surface area (Å²) in [6.45, 7) is 8.16. The Balaban J connectivity index is 2.24. The predicted molar refractivity (Wildman–Crippen MR) is 71.6 cm³/mol. The van der Waals surface area contributed by atoms with Gasteiger partial charge in [-0.1, -0.05) is 39.5 Å². The lowest BCUT2D eigenvalue weighted by Gasteiger charge is -2.35. The highest BCUT2D eigenvalue weighted by Gasteiger charge is 2.27. The Morgan fingerprint density at radius 3 is 2.31 bits per heavy atom. The van der Waals surface area contributed by atoms with Gasteiger partial charge in [-0.05, 0) is 45.3 Å². The van der Waals surface area contributed by atoms with E-state index in [2.05, 4.69) is 18.7 Å². The molecule has 1 aliphatic rings. The first kappa shape index (κ1) is 14.0. The highest BCUT2D eigenvalue weighted by Crippen LogP contribution is 2.28. The Hall–Kier alpha value is -0.0800. The quantitative estimate of drug-likeness (QED) is 0.722. The van der Waals surface area contributed by atoms with Crippen LogP contribution in [0.1, 0.15) is 65.2 Å². The lowest BCUT2D eigenvalue weighted by molar-refractivity contribution is 0.211. The van der Waals surface area contributed by atoms with Crippen molar-refractivity contribution in [3.8, 4) is 0 Å². The van der Waals surface area contributed by atoms with Crippen LogP contribution in [0.4, 0.5) is 0 Å². The lowest BCUT2D eigenvalue weighted by Crippen LogP contribution is -2.44. The Morgan fingerprint density at radius 1 is 1.06 bits per heavy atom. The summed E-state index contributed by atoms with van der Waals surface area (Å²) in [6.07, 6.45) is 10.4. The van der Waals surface area contributed by atoms with Crippen molar-refractivity contribution >= 4 is 0 Å². The van der Waals surface area contributed by atoms with Crippen LogP contribution < -0.4 is 5.73 Å². The summed E-state index contributed by atoms with van der Waals surface area (Å²) in [5, 5.41) is 0. The average molecular weight is 226 g/mol. The van der Waals surface area contributed by atoms with Crippen molar-refractivity contribution in [1.29, 1.82) is 0 Å². The first-order chi connectivity index (χ1) is 7.70. The minimum atomic E-state index is 0.165. The van der Waals surface area contributed by atoms with Crippen LogP contribution in [0.2, 0.25) is 0 Å². The van der Waals surface area contributed by atoms with Gasteiger partial charge in [0.25, 0.3) is 0 Å². The molecule has 1 saturated carbocycles. The van der Waals surface area contributed by atoms with Gasteiger partial charge in [-0.3, -0.25) is 0 Å². The second kappa shape index (κ2) is 7.29. The number of unbranched alkanes of at least 4 members (excludes halogenated alkanes) is 1. The van der Waals surface area contributed by atoms with Crippen molar-refractivity contribution in [2.45, 2.75) is 70.8 Å². The van der Waals surface area contributed by atoms with E-state index >= 15 is 0 Å². The first-order valence-corrected chi connectivity index (χ1v) is 7.21. The molecule has 2 N–H and O–H groups in total. The van der Waals surface area contributed by atoms with Gasteiger partial charge in [0.1, 0.15) is 0 Å². The molecule has 0 atom stereocenters. The van der Waals surface area contributed by atoms with Gasteiger partial charge in [-0.2, -0.15) is 0 Å². The topological polar surface area (TPSA) is 29.3 Å². The van der Waals surface area contributed by atoms with E-state index < -0.39 is 0 Å². The van der Waals surface area contributed by atoms with Crippen LogP contribution in [0.3, 0.4) is 0 Å². The van der Waals surface area contributed by atoms with Crippen LogP contribution in [0.15, 0.2) is 0 Å². The molecule has 1 rings (SSSR count). The van der Waals surface area contributed by atoms with E-state index in [-0.39, 0.29) is 5.54 Å². The third kappa shape index (κ3) is 4.84. The molecule has 0 aromatic rings. The smallest absolute Gasteiger partial charge is 0.0166 e. The molecule has 0 radical (unpaired) electrons. The number of nitrogens with two attached hydrogens (primary N) is 1. The molecule has 16 heavy (non-hydrogen) atoms. The molecule has 96 valence electrons. The fourth-order valence-corrected chi connectivity index (χ4v) is 2.70. The maximum absolute atomic E-state index is 6.46. The molecule has 0 unspecified atom stereocenters. The first-order valence-electron chi connectivity index (χ1n) is 7.21. The normalized spacial score (nSPS) is 20.2. The molecule has 1 aliphatic carbocycles. The average Bonchev–Trinajstić information content (AvgIpc) is 2.30. The molecule has 0 heterocycles. The fourth-order valence-electron chi connectivity index (χ4n) is 2.70. The summed E-state index contributed by atoms with van der Waals surface area (Å²) in [5.41, 5.74) is 6.63. The summed E-state index contributed by atoms with van der Waals surface area (Å²) >= 11 is 0. The van der Waals surface area contributed by atoms with E-state index in [4.69, 9.17) is 5.73 Å². The second-order valence-electron chi connectivity index (χ2n) is 5.46. The monoisotopic (exact) mass is 226 g/mol. The Kier molecular flexibility index (Phi) is 6.37. The van der Waals surface area contributed by atoms with Crippen molar-refractivity contribution in [1.82, 2.24) is 4.90 Å². The zero-order valence-electron chi connectivity index (χ0n) is 11.3. The third-order valence-electron chi connectivity index (χ3n) is 4.05. The van der Waals surface area contributed by atoms with E-state index in [1.54, 1.807) is 0 Å². The van der Waals surface area contributed by atoms with Crippen LogP contribution in [-0.2, 0) is 0 Å². The van der Waals surface area contributed by atoms with E-state index in [0.29, 0.717) is 0 Å². The van der Waals surface area contributed by atoms with Gasteiger partial charge in [0, 0.05) is 5.54 Å². The van der Waals surface area contributed by atoms with Gasteiger partial charge in [-0.25, -0.2) is 0 Å². The molecule has 0 aromatic carbocycles. The van der Waals surface area contributed by atoms with Crippen LogP contribution >= 0.6 is 0 Å². The van der Waals surface area contributed by atoms with Crippen LogP contribution in [0.5, 0.6) is 0 Å². The van der Waals surface area contributed by atoms with E-state index in [1.165, 1.54) is 71.0 Å². The standard InChI is InChI=1S/C14H30N2/c1-3-5-12-16(4-2)13-11-14(15)9-7-6-8-10-14/h3-13,15H2,1-2H3. The minimum Gasteiger partial charge on any atom is -0.325 e. The van der Waals surface area contributed by atoms with E-state index in [1.807, 2.05) is 0 Å². The van der Waals surface area contributed by atoms with E-state index in [9.17, 15) is 0 Å². The van der Waals surface area contributed by atoms with Crippen molar-refractivity contribution in [2.24, 2.45) is 5.73 Å². The highest BCUT2D eigenvalue weighted by molar-refractivity contribution is 4.87. The van der Waals surface area contributed by atoms with Gasteiger partial charge in [0.15, 0.2) is 0 Å². The molecule has 0 amide bonds. The third-order valence-corrected chi connectivity index (χ3v) is 4.05. The molecule has 0 saturated heterocycles. The zero-order chi connectivity index (χ0) is 11.9. The Labute approximate surface area is 102 Å². The summed E-state index contributed by atoms with van der Waals surface area (Å²) in [6, 6.07) is 0. The molecule has 2 heteroatoms. The minimum absolute atomic E-state index is 0.165. The van der Waals surface area contributed by atoms with Gasteiger partial charge in [-0.15, -0.1) is 0 Å². The number of nitrogens with zero attached hydrogens (tertiary/aromatic N) is 1. The van der Waals surface area contributed by atoms with Gasteiger partial charge < -0.3 is 10.6 Å². The fraction of sp³-hybridized carbons (Fsp3) is 1.00. The van der Waals surface area contributed by atoms with Crippen molar-refractivity contribution in [3.05, 3.63) is 0 Å². The van der Waals surface area contributed by atoms with Crippen LogP contribution in [-0.4, -0.2) is 30.1 Å². The van der Waals surface area contributed by atoms with Crippen LogP contribution in [0.25, 0.3) is 0 Å². The molecule has 0 bridgehead atoms. The van der Waals surface area contributed by atoms with Crippen molar-refractivity contribution in [2.75, 3.05) is 19.6 Å². The maximum atomic E-state index is 6.46. The SMILES string of the molecule is CCCCN(CC)CCC1(N)CCCCC1. The van der Waals surface area contributed by atoms with Gasteiger partial charge in [0.05, 0.1) is 0 Å². The maximum Gasteiger partial charge on any atom is 0.0166 e. The predicted octanol–water partition coefficient (Wildman–Crippen LogP) is 3.16. The zero-order valence-corrected chi connectivity index (χ0v) is 11.3. The lowest BCUT2D eigenvalue weighted by atomic mass is 9.80. The number of hydrogen-bond acceptors (Lipinski definition) is 2. The molecule has 0 spiro atoms. The van der Waals surface area contributed by atoms with E-state index in [0.717, 1.165) is 0 Å². The van der Waals surface area contributed by atoms with Gasteiger partial charge >= 0.3 is 0 Å². The molecule has 0 aliphatic heterocycles. The summed E-state index contributed by atoms with van der Waals surface area (Å²) in [4.78, 5) is 2.56. The second-order valence-corrected chi connectivity index (χ2v) is 5.46. The molecular formula is C14H30N2. The largest absolute Gasteiger partial charge is 0.325 e. The number of hydrogen-bond donors (Lipinski definition) is 1. The molecule has 2 nitrogen and oxygen atoms in total. The Bertz CT molecular complexity index is 174. The van der Waals surface area contributed by atoms with Crippen molar-refractivity contribution in [3.63, 3.8) is 0 Å². The van der Waals surface area contributed by atoms with Crippen LogP contribution in [0, 0.1) is 0 Å². The highest BCUT2D eigenvalue weighted by atomic mass is 15.1. The van der Waals surface area contributed by atoms with Gasteiger partial charge in [0.2, 0.25) is 0 Å². The van der Waals surface area contributed by atoms with Crippen molar-refractivity contribution < 1.29 is 0 Å². The molecular weight excluding hydrogens is 196 g/mol. The molecule has 1 fully saturated rings. The summed E-state index contributed by atoms with van der Waals surface area (Å²) in [5.74, 6) is 0. The summed E-state index contributed by atoms with van der Waals surface area (Å²) in [7, 11) is 0. The summed E-state index contributed by atoms with van der Waals surface area (Å²) < 4.78 is 0.